The number of carbonyl (C=O) groups excluding carboxylic acids is 1. The molecule has 1 heterocycles. The first-order valence-corrected chi connectivity index (χ1v) is 12.3. The summed E-state index contributed by atoms with van der Waals surface area (Å²) in [5.74, 6) is -1.40. The molecule has 1 unspecified atom stereocenters. The molecule has 3 aromatic carbocycles. The first-order chi connectivity index (χ1) is 17.9. The summed E-state index contributed by atoms with van der Waals surface area (Å²) in [4.78, 5) is 37.7. The van der Waals surface area contributed by atoms with Gasteiger partial charge in [0.1, 0.15) is 12.6 Å². The van der Waals surface area contributed by atoms with Crippen LogP contribution in [0.15, 0.2) is 66.7 Å². The minimum absolute atomic E-state index is 0.0576. The molecule has 2 N–H and O–H groups in total. The van der Waals surface area contributed by atoms with Crippen molar-refractivity contribution < 1.29 is 24.4 Å². The van der Waals surface area contributed by atoms with Gasteiger partial charge in [-0.1, -0.05) is 48.5 Å². The van der Waals surface area contributed by atoms with Crippen molar-refractivity contribution in [3.8, 4) is 11.1 Å². The Labute approximate surface area is 213 Å². The number of alkyl carbamates (subject to hydrolysis) is 1. The van der Waals surface area contributed by atoms with Crippen LogP contribution in [-0.2, 0) is 16.0 Å². The second kappa shape index (κ2) is 10.3. The zero-order valence-electron chi connectivity index (χ0n) is 20.1. The van der Waals surface area contributed by atoms with Crippen molar-refractivity contribution in [1.82, 2.24) is 5.32 Å². The van der Waals surface area contributed by atoms with E-state index < -0.39 is 23.0 Å². The largest absolute Gasteiger partial charge is 0.480 e. The smallest absolute Gasteiger partial charge is 0.407 e. The standard InChI is InChI=1S/C28H27N3O6/c32-27(33)25(16-18-15-19(31(35)36)11-12-26(18)30-13-5-6-14-30)29-28(34)37-17-24-22-9-3-1-7-20(22)21-8-2-4-10-23(21)24/h1-4,7-12,15,24-25H,5-6,13-14,16-17H2,(H,29,34)(H,32,33). The number of nitrogens with zero attached hydrogens (tertiary/aromatic N) is 2. The van der Waals surface area contributed by atoms with Crippen molar-refractivity contribution in [3.63, 3.8) is 0 Å². The van der Waals surface area contributed by atoms with Gasteiger partial charge in [-0.2, -0.15) is 0 Å². The Morgan fingerprint density at radius 3 is 2.24 bits per heavy atom. The molecule has 0 spiro atoms. The molecule has 1 amide bonds. The third kappa shape index (κ3) is 4.97. The summed E-state index contributed by atoms with van der Waals surface area (Å²) in [7, 11) is 0. The fraction of sp³-hybridized carbons (Fsp3) is 0.286. The van der Waals surface area contributed by atoms with Gasteiger partial charge in [-0.15, -0.1) is 0 Å². The quantitative estimate of drug-likeness (QED) is 0.338. The van der Waals surface area contributed by atoms with Crippen LogP contribution in [0.3, 0.4) is 0 Å². The van der Waals surface area contributed by atoms with E-state index in [4.69, 9.17) is 4.74 Å². The first kappa shape index (κ1) is 24.3. The van der Waals surface area contributed by atoms with Gasteiger partial charge in [-0.3, -0.25) is 10.1 Å². The molecule has 190 valence electrons. The maximum Gasteiger partial charge on any atom is 0.407 e. The third-order valence-corrected chi connectivity index (χ3v) is 7.08. The Morgan fingerprint density at radius 1 is 1.03 bits per heavy atom. The summed E-state index contributed by atoms with van der Waals surface area (Å²) in [6.07, 6.45) is 1.04. The number of aliphatic carboxylic acids is 1. The molecule has 37 heavy (non-hydrogen) atoms. The van der Waals surface area contributed by atoms with Crippen molar-refractivity contribution in [2.45, 2.75) is 31.2 Å². The lowest BCUT2D eigenvalue weighted by Crippen LogP contribution is -2.43. The van der Waals surface area contributed by atoms with Gasteiger partial charge in [0.25, 0.3) is 5.69 Å². The van der Waals surface area contributed by atoms with E-state index in [9.17, 15) is 24.8 Å². The second-order valence-electron chi connectivity index (χ2n) is 9.33. The van der Waals surface area contributed by atoms with Crippen molar-refractivity contribution >= 4 is 23.4 Å². The summed E-state index contributed by atoms with van der Waals surface area (Å²) in [5, 5.41) is 23.7. The molecule has 1 aliphatic carbocycles. The highest BCUT2D eigenvalue weighted by Gasteiger charge is 2.30. The Kier molecular flexibility index (Phi) is 6.76. The summed E-state index contributed by atoms with van der Waals surface area (Å²) < 4.78 is 5.52. The van der Waals surface area contributed by atoms with Crippen molar-refractivity contribution in [3.05, 3.63) is 93.5 Å². The van der Waals surface area contributed by atoms with E-state index in [2.05, 4.69) is 10.2 Å². The van der Waals surface area contributed by atoms with Crippen LogP contribution in [0.4, 0.5) is 16.2 Å². The number of ether oxygens (including phenoxy) is 1. The van der Waals surface area contributed by atoms with Crippen LogP contribution in [0, 0.1) is 10.1 Å². The summed E-state index contributed by atoms with van der Waals surface area (Å²) in [5.41, 5.74) is 5.43. The lowest BCUT2D eigenvalue weighted by Gasteiger charge is -2.23. The van der Waals surface area contributed by atoms with E-state index in [1.807, 2.05) is 48.5 Å². The maximum absolute atomic E-state index is 12.7. The molecule has 0 saturated carbocycles. The lowest BCUT2D eigenvalue weighted by atomic mass is 9.98. The van der Waals surface area contributed by atoms with Gasteiger partial charge < -0.3 is 20.1 Å². The van der Waals surface area contributed by atoms with Crippen LogP contribution in [0.5, 0.6) is 0 Å². The van der Waals surface area contributed by atoms with Gasteiger partial charge in [-0.25, -0.2) is 9.59 Å². The van der Waals surface area contributed by atoms with E-state index in [-0.39, 0.29) is 24.6 Å². The van der Waals surface area contributed by atoms with Crippen LogP contribution in [0.2, 0.25) is 0 Å². The van der Waals surface area contributed by atoms with E-state index in [0.29, 0.717) is 5.56 Å². The molecule has 1 atom stereocenters. The highest BCUT2D eigenvalue weighted by atomic mass is 16.6. The number of hydrogen-bond acceptors (Lipinski definition) is 6. The fourth-order valence-corrected chi connectivity index (χ4v) is 5.32. The van der Waals surface area contributed by atoms with Gasteiger partial charge >= 0.3 is 12.1 Å². The fourth-order valence-electron chi connectivity index (χ4n) is 5.32. The molecule has 9 heteroatoms. The molecule has 1 saturated heterocycles. The summed E-state index contributed by atoms with van der Waals surface area (Å²) in [6, 6.07) is 19.1. The molecule has 0 aromatic heterocycles. The van der Waals surface area contributed by atoms with Gasteiger partial charge in [0.05, 0.1) is 4.92 Å². The van der Waals surface area contributed by atoms with Crippen LogP contribution < -0.4 is 10.2 Å². The Balaban J connectivity index is 1.30. The van der Waals surface area contributed by atoms with Gasteiger partial charge in [0.2, 0.25) is 0 Å². The molecule has 2 aliphatic rings. The molecule has 0 radical (unpaired) electrons. The van der Waals surface area contributed by atoms with E-state index >= 15 is 0 Å². The molecule has 1 aliphatic heterocycles. The Bertz CT molecular complexity index is 1310. The zero-order valence-corrected chi connectivity index (χ0v) is 20.1. The molecule has 3 aromatic rings. The summed E-state index contributed by atoms with van der Waals surface area (Å²) in [6.45, 7) is 1.65. The minimum Gasteiger partial charge on any atom is -0.480 e. The Morgan fingerprint density at radius 2 is 1.65 bits per heavy atom. The van der Waals surface area contributed by atoms with Crippen LogP contribution in [0.1, 0.15) is 35.4 Å². The van der Waals surface area contributed by atoms with Crippen molar-refractivity contribution in [2.24, 2.45) is 0 Å². The molecular weight excluding hydrogens is 474 g/mol. The van der Waals surface area contributed by atoms with Crippen LogP contribution >= 0.6 is 0 Å². The third-order valence-electron chi connectivity index (χ3n) is 7.08. The summed E-state index contributed by atoms with van der Waals surface area (Å²) >= 11 is 0. The van der Waals surface area contributed by atoms with Gasteiger partial charge in [0.15, 0.2) is 0 Å². The number of nitrogens with one attached hydrogen (secondary N) is 1. The molecular formula is C28H27N3O6. The normalized spacial score (nSPS) is 15.1. The van der Waals surface area contributed by atoms with Gasteiger partial charge in [0, 0.05) is 43.2 Å². The molecule has 1 fully saturated rings. The molecule has 9 nitrogen and oxygen atoms in total. The number of hydrogen-bond donors (Lipinski definition) is 2. The Hall–Kier alpha value is -4.40. The number of benzene rings is 3. The average Bonchev–Trinajstić information content (AvgIpc) is 3.54. The highest BCUT2D eigenvalue weighted by Crippen LogP contribution is 2.44. The number of carboxylic acid groups (broad SMARTS) is 1. The minimum atomic E-state index is -1.31. The number of carboxylic acids is 1. The number of nitro benzene ring substituents is 1. The lowest BCUT2D eigenvalue weighted by molar-refractivity contribution is -0.384. The van der Waals surface area contributed by atoms with Crippen LogP contribution in [-0.4, -0.2) is 47.8 Å². The van der Waals surface area contributed by atoms with E-state index in [1.54, 1.807) is 6.07 Å². The molecule has 0 bridgehead atoms. The number of fused-ring (bicyclic) bond motifs is 3. The number of rotatable bonds is 8. The number of nitro groups is 1. The number of carbonyl (C=O) groups is 2. The number of non-ortho nitro benzene ring substituents is 1. The first-order valence-electron chi connectivity index (χ1n) is 12.3. The second-order valence-corrected chi connectivity index (χ2v) is 9.33. The van der Waals surface area contributed by atoms with E-state index in [0.717, 1.165) is 53.9 Å². The topological polar surface area (TPSA) is 122 Å². The average molecular weight is 502 g/mol. The highest BCUT2D eigenvalue weighted by molar-refractivity contribution is 5.81. The van der Waals surface area contributed by atoms with Crippen LogP contribution in [0.25, 0.3) is 11.1 Å². The van der Waals surface area contributed by atoms with E-state index in [1.165, 1.54) is 12.1 Å². The maximum atomic E-state index is 12.7. The van der Waals surface area contributed by atoms with Gasteiger partial charge in [-0.05, 0) is 46.7 Å². The number of amides is 1. The predicted molar refractivity (Wildman–Crippen MR) is 138 cm³/mol. The monoisotopic (exact) mass is 501 g/mol. The zero-order chi connectivity index (χ0) is 25.9. The number of anilines is 1. The van der Waals surface area contributed by atoms with Crippen molar-refractivity contribution in [1.29, 1.82) is 0 Å². The predicted octanol–water partition coefficient (Wildman–Crippen LogP) is 4.73. The van der Waals surface area contributed by atoms with Crippen molar-refractivity contribution in [2.75, 3.05) is 24.6 Å². The SMILES string of the molecule is O=C(NC(Cc1cc([N+](=O)[O-])ccc1N1CCCC1)C(=O)O)OCC1c2ccccc2-c2ccccc21. The molecule has 5 rings (SSSR count).